The van der Waals surface area contributed by atoms with Crippen LogP contribution in [0.1, 0.15) is 67.6 Å². The Bertz CT molecular complexity index is 1400. The summed E-state index contributed by atoms with van der Waals surface area (Å²) in [5, 5.41) is 5.56. The highest BCUT2D eigenvalue weighted by Gasteiger charge is 2.23. The fourth-order valence-electron chi connectivity index (χ4n) is 5.72. The van der Waals surface area contributed by atoms with Gasteiger partial charge < -0.3 is 4.90 Å². The van der Waals surface area contributed by atoms with Crippen molar-refractivity contribution in [3.05, 3.63) is 105 Å². The quantitative estimate of drug-likeness (QED) is 0.250. The third-order valence-electron chi connectivity index (χ3n) is 7.47. The maximum Gasteiger partial charge on any atom is 0.254 e. The molecule has 38 heavy (non-hydrogen) atoms. The van der Waals surface area contributed by atoms with E-state index in [9.17, 15) is 4.79 Å². The molecule has 0 bridgehead atoms. The van der Waals surface area contributed by atoms with E-state index in [1.165, 1.54) is 22.3 Å². The van der Waals surface area contributed by atoms with Gasteiger partial charge in [-0.3, -0.25) is 14.7 Å². The molecular weight excluding hydrogens is 486 g/mol. The number of fused-ring (bicyclic) bond motifs is 1. The number of rotatable bonds is 7. The van der Waals surface area contributed by atoms with Crippen molar-refractivity contribution in [2.75, 3.05) is 13.1 Å². The summed E-state index contributed by atoms with van der Waals surface area (Å²) in [7, 11) is 0. The Morgan fingerprint density at radius 3 is 2.26 bits per heavy atom. The van der Waals surface area contributed by atoms with Crippen LogP contribution < -0.4 is 0 Å². The summed E-state index contributed by atoms with van der Waals surface area (Å²) >= 11 is 1.77. The zero-order chi connectivity index (χ0) is 26.6. The summed E-state index contributed by atoms with van der Waals surface area (Å²) in [4.78, 5) is 22.6. The molecular formula is C33H37N3OS. The Morgan fingerprint density at radius 1 is 0.921 bits per heavy atom. The molecule has 0 N–H and O–H groups in total. The Labute approximate surface area is 230 Å². The predicted octanol–water partition coefficient (Wildman–Crippen LogP) is 7.65. The zero-order valence-electron chi connectivity index (χ0n) is 22.9. The van der Waals surface area contributed by atoms with Crippen LogP contribution in [-0.4, -0.2) is 45.9 Å². The van der Waals surface area contributed by atoms with Crippen LogP contribution in [0.5, 0.6) is 0 Å². The summed E-state index contributed by atoms with van der Waals surface area (Å²) in [5.41, 5.74) is 8.24. The van der Waals surface area contributed by atoms with Crippen LogP contribution in [0.15, 0.2) is 83.2 Å². The van der Waals surface area contributed by atoms with Crippen LogP contribution in [0.3, 0.4) is 0 Å². The van der Waals surface area contributed by atoms with E-state index in [0.29, 0.717) is 0 Å². The molecule has 4 nitrogen and oxygen atoms in total. The summed E-state index contributed by atoms with van der Waals surface area (Å²) < 4.78 is 0. The Morgan fingerprint density at radius 2 is 1.61 bits per heavy atom. The van der Waals surface area contributed by atoms with Gasteiger partial charge >= 0.3 is 0 Å². The molecule has 5 rings (SSSR count). The van der Waals surface area contributed by atoms with Crippen molar-refractivity contribution in [2.45, 2.75) is 59.2 Å². The predicted molar refractivity (Wildman–Crippen MR) is 159 cm³/mol. The van der Waals surface area contributed by atoms with Crippen molar-refractivity contribution >= 4 is 33.7 Å². The molecule has 2 aromatic heterocycles. The number of carbonyl (C=O) groups is 1. The lowest BCUT2D eigenvalue weighted by atomic mass is 9.87. The summed E-state index contributed by atoms with van der Waals surface area (Å²) in [6.07, 6.45) is 3.93. The van der Waals surface area contributed by atoms with Gasteiger partial charge in [0.2, 0.25) is 0 Å². The SMILES string of the molecule is CC(C)N(C(=O)c1ccc(C(=C2CCN(Cc3ccsc3)CC2)c2cccc3cccnc23)cc1)C(C)C. The van der Waals surface area contributed by atoms with Gasteiger partial charge in [-0.25, -0.2) is 0 Å². The van der Waals surface area contributed by atoms with Crippen molar-refractivity contribution in [1.29, 1.82) is 0 Å². The monoisotopic (exact) mass is 523 g/mol. The first kappa shape index (κ1) is 26.3. The average Bonchev–Trinajstić information content (AvgIpc) is 3.43. The highest BCUT2D eigenvalue weighted by atomic mass is 32.1. The highest BCUT2D eigenvalue weighted by Crippen LogP contribution is 2.36. The normalized spacial score (nSPS) is 14.4. The first-order valence-electron chi connectivity index (χ1n) is 13.6. The second kappa shape index (κ2) is 11.6. The standard InChI is InChI=1S/C33H37N3OS/c1-23(2)36(24(3)4)33(37)29-12-10-26(11-13-29)31(30-9-5-7-28-8-6-17-34-32(28)30)27-14-18-35(19-15-27)21-25-16-20-38-22-25/h5-13,16-17,20,22-24H,14-15,18-19,21H2,1-4H3. The van der Waals surface area contributed by atoms with Gasteiger partial charge in [0.25, 0.3) is 5.91 Å². The topological polar surface area (TPSA) is 36.4 Å². The van der Waals surface area contributed by atoms with E-state index >= 15 is 0 Å². The van der Waals surface area contributed by atoms with E-state index in [-0.39, 0.29) is 18.0 Å². The maximum absolute atomic E-state index is 13.3. The molecule has 0 aliphatic carbocycles. The van der Waals surface area contributed by atoms with Crippen molar-refractivity contribution in [3.8, 4) is 0 Å². The molecule has 4 aromatic rings. The first-order chi connectivity index (χ1) is 18.4. The largest absolute Gasteiger partial charge is 0.334 e. The van der Waals surface area contributed by atoms with Crippen LogP contribution in [0.25, 0.3) is 16.5 Å². The van der Waals surface area contributed by atoms with Gasteiger partial charge in [0.15, 0.2) is 0 Å². The van der Waals surface area contributed by atoms with E-state index in [0.717, 1.165) is 54.5 Å². The molecule has 1 fully saturated rings. The van der Waals surface area contributed by atoms with Crippen molar-refractivity contribution in [2.24, 2.45) is 0 Å². The minimum atomic E-state index is 0.0873. The van der Waals surface area contributed by atoms with Gasteiger partial charge in [0, 0.05) is 54.4 Å². The van der Waals surface area contributed by atoms with Crippen molar-refractivity contribution in [3.63, 3.8) is 0 Å². The molecule has 0 atom stereocenters. The number of carbonyl (C=O) groups excluding carboxylic acids is 1. The minimum absolute atomic E-state index is 0.0873. The van der Waals surface area contributed by atoms with Crippen LogP contribution in [-0.2, 0) is 6.54 Å². The molecule has 3 heterocycles. The van der Waals surface area contributed by atoms with Crippen LogP contribution in [0.4, 0.5) is 0 Å². The number of thiophene rings is 1. The zero-order valence-corrected chi connectivity index (χ0v) is 23.7. The van der Waals surface area contributed by atoms with Crippen molar-refractivity contribution < 1.29 is 4.79 Å². The number of nitrogens with zero attached hydrogens (tertiary/aromatic N) is 3. The molecule has 1 amide bonds. The smallest absolute Gasteiger partial charge is 0.254 e. The minimum Gasteiger partial charge on any atom is -0.334 e. The number of amides is 1. The van der Waals surface area contributed by atoms with Gasteiger partial charge in [-0.1, -0.05) is 42.0 Å². The highest BCUT2D eigenvalue weighted by molar-refractivity contribution is 7.07. The van der Waals surface area contributed by atoms with E-state index in [4.69, 9.17) is 4.98 Å². The van der Waals surface area contributed by atoms with Gasteiger partial charge in [0.05, 0.1) is 5.52 Å². The molecule has 0 spiro atoms. The Balaban J connectivity index is 1.51. The number of aromatic nitrogens is 1. The maximum atomic E-state index is 13.3. The number of pyridine rings is 1. The number of hydrogen-bond acceptors (Lipinski definition) is 4. The third-order valence-corrected chi connectivity index (χ3v) is 8.20. The molecule has 2 aromatic carbocycles. The molecule has 1 aliphatic heterocycles. The molecule has 0 radical (unpaired) electrons. The number of para-hydroxylation sites is 1. The average molecular weight is 524 g/mol. The van der Waals surface area contributed by atoms with E-state index in [1.54, 1.807) is 11.3 Å². The van der Waals surface area contributed by atoms with Crippen LogP contribution >= 0.6 is 11.3 Å². The first-order valence-corrected chi connectivity index (χ1v) is 14.6. The molecule has 1 aliphatic rings. The van der Waals surface area contributed by atoms with Crippen LogP contribution in [0, 0.1) is 0 Å². The fourth-order valence-corrected chi connectivity index (χ4v) is 6.38. The third kappa shape index (κ3) is 5.59. The van der Waals surface area contributed by atoms with Crippen molar-refractivity contribution in [1.82, 2.24) is 14.8 Å². The van der Waals surface area contributed by atoms with Gasteiger partial charge in [-0.15, -0.1) is 0 Å². The lowest BCUT2D eigenvalue weighted by Gasteiger charge is -2.31. The summed E-state index contributed by atoms with van der Waals surface area (Å²) in [6.45, 7) is 11.4. The Kier molecular flexibility index (Phi) is 8.06. The van der Waals surface area contributed by atoms with Crippen LogP contribution in [0.2, 0.25) is 0 Å². The number of hydrogen-bond donors (Lipinski definition) is 0. The van der Waals surface area contributed by atoms with E-state index < -0.39 is 0 Å². The fraction of sp³-hybridized carbons (Fsp3) is 0.333. The molecule has 196 valence electrons. The molecule has 5 heteroatoms. The second-order valence-corrected chi connectivity index (χ2v) is 11.5. The number of piperidine rings is 1. The molecule has 0 unspecified atom stereocenters. The number of likely N-dealkylation sites (tertiary alicyclic amines) is 1. The summed E-state index contributed by atoms with van der Waals surface area (Å²) in [6, 6.07) is 21.4. The van der Waals surface area contributed by atoms with Gasteiger partial charge in [0.1, 0.15) is 0 Å². The molecule has 1 saturated heterocycles. The van der Waals surface area contributed by atoms with E-state index in [1.807, 2.05) is 29.3 Å². The second-order valence-electron chi connectivity index (χ2n) is 10.7. The lowest BCUT2D eigenvalue weighted by Crippen LogP contribution is -2.42. The van der Waals surface area contributed by atoms with Gasteiger partial charge in [-0.05, 0) is 92.3 Å². The van der Waals surface area contributed by atoms with E-state index in [2.05, 4.69) is 85.8 Å². The number of benzene rings is 2. The lowest BCUT2D eigenvalue weighted by molar-refractivity contribution is 0.0643. The van der Waals surface area contributed by atoms with Gasteiger partial charge in [-0.2, -0.15) is 11.3 Å². The molecule has 0 saturated carbocycles. The summed E-state index contributed by atoms with van der Waals surface area (Å²) in [5.74, 6) is 0.0873. The Hall–Kier alpha value is -3.28.